The molecule has 0 spiro atoms. The van der Waals surface area contributed by atoms with E-state index in [-0.39, 0.29) is 11.9 Å². The summed E-state index contributed by atoms with van der Waals surface area (Å²) in [5, 5.41) is 0. The number of aryl methyl sites for hydroxylation is 2. The van der Waals surface area contributed by atoms with E-state index in [1.807, 2.05) is 11.0 Å². The maximum atomic E-state index is 12.1. The molecule has 1 atom stereocenters. The van der Waals surface area contributed by atoms with Crippen molar-refractivity contribution in [1.82, 2.24) is 14.5 Å². The van der Waals surface area contributed by atoms with Gasteiger partial charge in [-0.25, -0.2) is 4.98 Å². The van der Waals surface area contributed by atoms with Gasteiger partial charge in [-0.1, -0.05) is 35.9 Å². The van der Waals surface area contributed by atoms with Gasteiger partial charge in [-0.3, -0.25) is 4.79 Å². The van der Waals surface area contributed by atoms with Gasteiger partial charge in [0.25, 0.3) is 0 Å². The molecule has 1 aliphatic rings. The summed E-state index contributed by atoms with van der Waals surface area (Å²) in [6.45, 7) is 7.56. The smallest absolute Gasteiger partial charge is 0.220 e. The molecule has 1 aromatic heterocycles. The third kappa shape index (κ3) is 2.90. The minimum Gasteiger partial charge on any atom is -0.333 e. The Morgan fingerprint density at radius 3 is 2.81 bits per heavy atom. The van der Waals surface area contributed by atoms with E-state index in [1.165, 1.54) is 16.7 Å². The van der Waals surface area contributed by atoms with Crippen molar-refractivity contribution in [3.8, 4) is 0 Å². The quantitative estimate of drug-likeness (QED) is 0.705. The lowest BCUT2D eigenvalue weighted by atomic mass is 10.1. The highest BCUT2D eigenvalue weighted by molar-refractivity contribution is 5.77. The van der Waals surface area contributed by atoms with E-state index >= 15 is 0 Å². The van der Waals surface area contributed by atoms with E-state index in [4.69, 9.17) is 4.98 Å². The lowest BCUT2D eigenvalue weighted by Gasteiger charge is -2.24. The standard InChI is InChI=1S/C22H25N3O/c1-15-10-11-16(2)18(13-15)14-25-20-8-5-4-7-19(20)23-22(25)21-9-6-12-24(21)17(3)26/h4-5,7-8,10-11,13,21H,6,9,12,14H2,1-3H3/t21-/m1/s1. The number of carbonyl (C=O) groups is 1. The Hall–Kier alpha value is -2.62. The summed E-state index contributed by atoms with van der Waals surface area (Å²) < 4.78 is 2.31. The van der Waals surface area contributed by atoms with Gasteiger partial charge in [0.15, 0.2) is 0 Å². The largest absolute Gasteiger partial charge is 0.333 e. The van der Waals surface area contributed by atoms with Gasteiger partial charge in [0.05, 0.1) is 17.1 Å². The third-order valence-corrected chi connectivity index (χ3v) is 5.47. The summed E-state index contributed by atoms with van der Waals surface area (Å²) in [6, 6.07) is 14.9. The molecule has 0 saturated carbocycles. The van der Waals surface area contributed by atoms with Gasteiger partial charge in [0.2, 0.25) is 5.91 Å². The minimum atomic E-state index is 0.0741. The topological polar surface area (TPSA) is 38.1 Å². The average molecular weight is 347 g/mol. The summed E-state index contributed by atoms with van der Waals surface area (Å²) >= 11 is 0. The Labute approximate surface area is 154 Å². The molecule has 0 bridgehead atoms. The molecule has 2 heterocycles. The zero-order valence-electron chi connectivity index (χ0n) is 15.7. The van der Waals surface area contributed by atoms with E-state index in [0.29, 0.717) is 0 Å². The van der Waals surface area contributed by atoms with Crippen LogP contribution in [-0.2, 0) is 11.3 Å². The van der Waals surface area contributed by atoms with Crippen LogP contribution < -0.4 is 0 Å². The van der Waals surface area contributed by atoms with Crippen molar-refractivity contribution in [2.75, 3.05) is 6.54 Å². The number of hydrogen-bond acceptors (Lipinski definition) is 2. The predicted octanol–water partition coefficient (Wildman–Crippen LogP) is 4.38. The van der Waals surface area contributed by atoms with Crippen LogP contribution >= 0.6 is 0 Å². The molecule has 26 heavy (non-hydrogen) atoms. The summed E-state index contributed by atoms with van der Waals surface area (Å²) in [5.74, 6) is 1.15. The zero-order valence-corrected chi connectivity index (χ0v) is 15.7. The number of rotatable bonds is 3. The molecule has 1 aliphatic heterocycles. The molecular formula is C22H25N3O. The van der Waals surface area contributed by atoms with Crippen molar-refractivity contribution >= 4 is 16.9 Å². The average Bonchev–Trinajstić information content (AvgIpc) is 3.23. The fourth-order valence-electron chi connectivity index (χ4n) is 4.07. The van der Waals surface area contributed by atoms with Crippen molar-refractivity contribution < 1.29 is 4.79 Å². The highest BCUT2D eigenvalue weighted by Gasteiger charge is 2.32. The molecule has 1 fully saturated rings. The molecule has 4 heteroatoms. The van der Waals surface area contributed by atoms with Crippen LogP contribution in [0.15, 0.2) is 42.5 Å². The molecule has 134 valence electrons. The fraction of sp³-hybridized carbons (Fsp3) is 0.364. The maximum absolute atomic E-state index is 12.1. The van der Waals surface area contributed by atoms with Gasteiger partial charge in [0.1, 0.15) is 5.82 Å². The normalized spacial score (nSPS) is 17.2. The SMILES string of the molecule is CC(=O)N1CCC[C@@H]1c1nc2ccccc2n1Cc1cc(C)ccc1C. The first kappa shape index (κ1) is 16.8. The first-order valence-electron chi connectivity index (χ1n) is 9.33. The van der Waals surface area contributed by atoms with Crippen LogP contribution in [0.2, 0.25) is 0 Å². The van der Waals surface area contributed by atoms with Crippen molar-refractivity contribution in [3.05, 3.63) is 65.0 Å². The summed E-state index contributed by atoms with van der Waals surface area (Å²) in [6.07, 6.45) is 2.02. The Bertz CT molecular complexity index is 973. The minimum absolute atomic E-state index is 0.0741. The van der Waals surface area contributed by atoms with Crippen molar-refractivity contribution in [1.29, 1.82) is 0 Å². The van der Waals surface area contributed by atoms with Gasteiger partial charge >= 0.3 is 0 Å². The second kappa shape index (κ2) is 6.60. The highest BCUT2D eigenvalue weighted by Crippen LogP contribution is 2.34. The fourth-order valence-corrected chi connectivity index (χ4v) is 4.07. The van der Waals surface area contributed by atoms with Gasteiger partial charge in [-0.2, -0.15) is 0 Å². The van der Waals surface area contributed by atoms with E-state index in [2.05, 4.69) is 54.8 Å². The molecule has 0 N–H and O–H groups in total. The summed E-state index contributed by atoms with van der Waals surface area (Å²) in [5.41, 5.74) is 6.00. The maximum Gasteiger partial charge on any atom is 0.220 e. The molecule has 4 nitrogen and oxygen atoms in total. The molecule has 4 rings (SSSR count). The van der Waals surface area contributed by atoms with E-state index < -0.39 is 0 Å². The lowest BCUT2D eigenvalue weighted by Crippen LogP contribution is -2.30. The number of amides is 1. The number of likely N-dealkylation sites (tertiary alicyclic amines) is 1. The number of aromatic nitrogens is 2. The number of nitrogens with zero attached hydrogens (tertiary/aromatic N) is 3. The van der Waals surface area contributed by atoms with Crippen LogP contribution in [-0.4, -0.2) is 26.9 Å². The van der Waals surface area contributed by atoms with Gasteiger partial charge in [-0.05, 0) is 49.9 Å². The highest BCUT2D eigenvalue weighted by atomic mass is 16.2. The van der Waals surface area contributed by atoms with Gasteiger partial charge < -0.3 is 9.47 Å². The van der Waals surface area contributed by atoms with Crippen LogP contribution in [0.3, 0.4) is 0 Å². The number of imidazole rings is 1. The number of hydrogen-bond donors (Lipinski definition) is 0. The zero-order chi connectivity index (χ0) is 18.3. The molecular weight excluding hydrogens is 322 g/mol. The molecule has 2 aromatic carbocycles. The Morgan fingerprint density at radius 1 is 1.19 bits per heavy atom. The molecule has 1 amide bonds. The molecule has 3 aromatic rings. The Morgan fingerprint density at radius 2 is 2.00 bits per heavy atom. The predicted molar refractivity (Wildman–Crippen MR) is 104 cm³/mol. The summed E-state index contributed by atoms with van der Waals surface area (Å²) in [7, 11) is 0. The van der Waals surface area contributed by atoms with Crippen molar-refractivity contribution in [3.63, 3.8) is 0 Å². The Kier molecular flexibility index (Phi) is 4.27. The lowest BCUT2D eigenvalue weighted by molar-refractivity contribution is -0.129. The van der Waals surface area contributed by atoms with Crippen LogP contribution in [0.1, 0.15) is 48.3 Å². The molecule has 0 unspecified atom stereocenters. The molecule has 0 aliphatic carbocycles. The van der Waals surface area contributed by atoms with E-state index in [9.17, 15) is 4.79 Å². The van der Waals surface area contributed by atoms with Crippen molar-refractivity contribution in [2.24, 2.45) is 0 Å². The van der Waals surface area contributed by atoms with Crippen molar-refractivity contribution in [2.45, 2.75) is 46.2 Å². The van der Waals surface area contributed by atoms with Crippen LogP contribution in [0.5, 0.6) is 0 Å². The molecule has 0 radical (unpaired) electrons. The monoisotopic (exact) mass is 347 g/mol. The van der Waals surface area contributed by atoms with E-state index in [1.54, 1.807) is 6.92 Å². The van der Waals surface area contributed by atoms with Gasteiger partial charge in [-0.15, -0.1) is 0 Å². The summed E-state index contributed by atoms with van der Waals surface area (Å²) in [4.78, 5) is 19.0. The van der Waals surface area contributed by atoms with E-state index in [0.717, 1.165) is 42.8 Å². The molecule has 1 saturated heterocycles. The van der Waals surface area contributed by atoms with Crippen LogP contribution in [0.4, 0.5) is 0 Å². The number of carbonyl (C=O) groups excluding carboxylic acids is 1. The first-order valence-corrected chi connectivity index (χ1v) is 9.33. The third-order valence-electron chi connectivity index (χ3n) is 5.47. The number of para-hydroxylation sites is 2. The number of benzene rings is 2. The first-order chi connectivity index (χ1) is 12.5. The second-order valence-corrected chi connectivity index (χ2v) is 7.35. The second-order valence-electron chi connectivity index (χ2n) is 7.35. The Balaban J connectivity index is 1.84. The van der Waals surface area contributed by atoms with Crippen LogP contribution in [0.25, 0.3) is 11.0 Å². The van der Waals surface area contributed by atoms with Crippen LogP contribution in [0, 0.1) is 13.8 Å². The van der Waals surface area contributed by atoms with Gasteiger partial charge in [0, 0.05) is 20.0 Å². The number of fused-ring (bicyclic) bond motifs is 1.